The fraction of sp³-hybridized carbons (Fsp3) is 0.786. The first-order valence-electron chi connectivity index (χ1n) is 7.17. The molecule has 1 saturated heterocycles. The normalized spacial score (nSPS) is 31.6. The van der Waals surface area contributed by atoms with Crippen LogP contribution in [-0.4, -0.2) is 48.1 Å². The lowest BCUT2D eigenvalue weighted by Gasteiger charge is -2.38. The summed E-state index contributed by atoms with van der Waals surface area (Å²) >= 11 is 0. The van der Waals surface area contributed by atoms with E-state index in [0.717, 1.165) is 50.6 Å². The predicted octanol–water partition coefficient (Wildman–Crippen LogP) is 1.75. The zero-order chi connectivity index (χ0) is 13.2. The quantitative estimate of drug-likeness (QED) is 0.831. The van der Waals surface area contributed by atoms with E-state index in [9.17, 15) is 0 Å². The Hall–Kier alpha value is -0.910. The first kappa shape index (κ1) is 13.1. The van der Waals surface area contributed by atoms with Crippen LogP contribution >= 0.6 is 0 Å². The molecular formula is C14H22N2O3. The van der Waals surface area contributed by atoms with Crippen LogP contribution < -0.4 is 0 Å². The van der Waals surface area contributed by atoms with Gasteiger partial charge in [0.05, 0.1) is 24.5 Å². The molecule has 5 heteroatoms. The lowest BCUT2D eigenvalue weighted by molar-refractivity contribution is -0.113. The van der Waals surface area contributed by atoms with Crippen molar-refractivity contribution in [3.8, 4) is 0 Å². The largest absolute Gasteiger partial charge is 0.376 e. The molecule has 0 spiro atoms. The monoisotopic (exact) mass is 266 g/mol. The third-order valence-corrected chi connectivity index (χ3v) is 4.07. The number of nitrogens with zero attached hydrogens (tertiary/aromatic N) is 2. The van der Waals surface area contributed by atoms with Gasteiger partial charge < -0.3 is 14.0 Å². The van der Waals surface area contributed by atoms with E-state index in [1.807, 2.05) is 19.9 Å². The molecule has 2 aliphatic rings. The molecule has 0 N–H and O–H groups in total. The molecule has 1 aromatic heterocycles. The van der Waals surface area contributed by atoms with E-state index in [4.69, 9.17) is 14.0 Å². The van der Waals surface area contributed by atoms with Crippen molar-refractivity contribution in [2.24, 2.45) is 0 Å². The van der Waals surface area contributed by atoms with Crippen molar-refractivity contribution < 1.29 is 14.0 Å². The van der Waals surface area contributed by atoms with Gasteiger partial charge in [-0.15, -0.1) is 0 Å². The smallest absolute Gasteiger partial charge is 0.133 e. The molecule has 1 saturated carbocycles. The molecule has 0 bridgehead atoms. The van der Waals surface area contributed by atoms with Crippen LogP contribution in [0.1, 0.15) is 31.2 Å². The van der Waals surface area contributed by atoms with Gasteiger partial charge in [-0.1, -0.05) is 5.16 Å². The van der Waals surface area contributed by atoms with Gasteiger partial charge in [-0.25, -0.2) is 0 Å². The van der Waals surface area contributed by atoms with Crippen molar-refractivity contribution in [3.63, 3.8) is 0 Å². The maximum absolute atomic E-state index is 5.93. The Morgan fingerprint density at radius 1 is 1.47 bits per heavy atom. The second-order valence-electron chi connectivity index (χ2n) is 5.37. The van der Waals surface area contributed by atoms with Crippen LogP contribution in [0.5, 0.6) is 0 Å². The summed E-state index contributed by atoms with van der Waals surface area (Å²) in [4.78, 5) is 2.46. The second-order valence-corrected chi connectivity index (χ2v) is 5.37. The van der Waals surface area contributed by atoms with Crippen molar-refractivity contribution in [1.29, 1.82) is 0 Å². The van der Waals surface area contributed by atoms with Gasteiger partial charge in [-0.3, -0.25) is 4.90 Å². The standard InChI is InChI=1S/C14H22N2O3/c1-3-17-13-5-4-12-14(13)18-7-6-16(12)9-11-8-10(2)19-15-11/h8,12-14H,3-7,9H2,1-2H3/t12-,13+,14+/m0/s1. The van der Waals surface area contributed by atoms with Crippen LogP contribution in [0, 0.1) is 6.92 Å². The molecule has 106 valence electrons. The fourth-order valence-electron chi connectivity index (χ4n) is 3.28. The van der Waals surface area contributed by atoms with Crippen LogP contribution in [-0.2, 0) is 16.0 Å². The summed E-state index contributed by atoms with van der Waals surface area (Å²) in [5, 5.41) is 4.09. The van der Waals surface area contributed by atoms with Gasteiger partial charge in [0, 0.05) is 31.8 Å². The lowest BCUT2D eigenvalue weighted by Crippen LogP contribution is -2.51. The summed E-state index contributed by atoms with van der Waals surface area (Å²) in [7, 11) is 0. The third-order valence-electron chi connectivity index (χ3n) is 4.07. The highest BCUT2D eigenvalue weighted by Gasteiger charge is 2.43. The van der Waals surface area contributed by atoms with Gasteiger partial charge in [0.2, 0.25) is 0 Å². The van der Waals surface area contributed by atoms with Crippen LogP contribution in [0.25, 0.3) is 0 Å². The summed E-state index contributed by atoms with van der Waals surface area (Å²) in [6, 6.07) is 2.47. The predicted molar refractivity (Wildman–Crippen MR) is 69.8 cm³/mol. The van der Waals surface area contributed by atoms with Gasteiger partial charge >= 0.3 is 0 Å². The summed E-state index contributed by atoms with van der Waals surface area (Å²) in [6.45, 7) is 7.33. The number of morpholine rings is 1. The van der Waals surface area contributed by atoms with Gasteiger partial charge in [-0.2, -0.15) is 0 Å². The van der Waals surface area contributed by atoms with Crippen LogP contribution in [0.2, 0.25) is 0 Å². The van der Waals surface area contributed by atoms with Crippen molar-refractivity contribution in [2.45, 2.75) is 51.5 Å². The molecule has 0 amide bonds. The molecule has 1 aliphatic heterocycles. The van der Waals surface area contributed by atoms with E-state index in [2.05, 4.69) is 10.1 Å². The highest BCUT2D eigenvalue weighted by atomic mass is 16.5. The Bertz CT molecular complexity index is 421. The number of fused-ring (bicyclic) bond motifs is 1. The van der Waals surface area contributed by atoms with E-state index in [1.54, 1.807) is 0 Å². The molecule has 2 fully saturated rings. The van der Waals surface area contributed by atoms with Gasteiger partial charge in [0.15, 0.2) is 0 Å². The second kappa shape index (κ2) is 5.61. The van der Waals surface area contributed by atoms with Crippen molar-refractivity contribution >= 4 is 0 Å². The van der Waals surface area contributed by atoms with E-state index in [0.29, 0.717) is 6.04 Å². The van der Waals surface area contributed by atoms with E-state index >= 15 is 0 Å². The average Bonchev–Trinajstić information content (AvgIpc) is 2.98. The molecule has 2 heterocycles. The Morgan fingerprint density at radius 3 is 3.11 bits per heavy atom. The minimum absolute atomic E-state index is 0.224. The maximum atomic E-state index is 5.93. The third kappa shape index (κ3) is 2.68. The molecule has 1 aliphatic carbocycles. The van der Waals surface area contributed by atoms with E-state index in [1.165, 1.54) is 0 Å². The Kier molecular flexibility index (Phi) is 3.86. The zero-order valence-electron chi connectivity index (χ0n) is 11.7. The Balaban J connectivity index is 1.66. The van der Waals surface area contributed by atoms with E-state index < -0.39 is 0 Å². The van der Waals surface area contributed by atoms with E-state index in [-0.39, 0.29) is 12.2 Å². The summed E-state index contributed by atoms with van der Waals surface area (Å²) < 4.78 is 16.9. The van der Waals surface area contributed by atoms with Crippen molar-refractivity contribution in [3.05, 3.63) is 17.5 Å². The van der Waals surface area contributed by atoms with Crippen molar-refractivity contribution in [1.82, 2.24) is 10.1 Å². The first-order valence-corrected chi connectivity index (χ1v) is 7.17. The van der Waals surface area contributed by atoms with Gasteiger partial charge in [0.1, 0.15) is 5.76 Å². The Morgan fingerprint density at radius 2 is 2.37 bits per heavy atom. The fourth-order valence-corrected chi connectivity index (χ4v) is 3.28. The SMILES string of the molecule is CCO[C@@H]1CC[C@H]2[C@H]1OCCN2Cc1cc(C)on1. The number of aryl methyl sites for hydroxylation is 1. The highest BCUT2D eigenvalue weighted by molar-refractivity contribution is 5.05. The molecule has 3 atom stereocenters. The number of hydrogen-bond acceptors (Lipinski definition) is 5. The average molecular weight is 266 g/mol. The Labute approximate surface area is 113 Å². The zero-order valence-corrected chi connectivity index (χ0v) is 11.7. The topological polar surface area (TPSA) is 47.7 Å². The van der Waals surface area contributed by atoms with Crippen molar-refractivity contribution in [2.75, 3.05) is 19.8 Å². The van der Waals surface area contributed by atoms with Crippen LogP contribution in [0.4, 0.5) is 0 Å². The molecule has 19 heavy (non-hydrogen) atoms. The summed E-state index contributed by atoms with van der Waals surface area (Å²) in [5.74, 6) is 0.874. The number of aromatic nitrogens is 1. The van der Waals surface area contributed by atoms with Crippen LogP contribution in [0.3, 0.4) is 0 Å². The van der Waals surface area contributed by atoms with Gasteiger partial charge in [0.25, 0.3) is 0 Å². The molecule has 0 aromatic carbocycles. The maximum Gasteiger partial charge on any atom is 0.133 e. The number of ether oxygens (including phenoxy) is 2. The summed E-state index contributed by atoms with van der Waals surface area (Å²) in [5.41, 5.74) is 1.01. The minimum Gasteiger partial charge on any atom is -0.376 e. The minimum atomic E-state index is 0.224. The van der Waals surface area contributed by atoms with Crippen LogP contribution in [0.15, 0.2) is 10.6 Å². The molecular weight excluding hydrogens is 244 g/mol. The highest BCUT2D eigenvalue weighted by Crippen LogP contribution is 2.32. The molecule has 0 radical (unpaired) electrons. The summed E-state index contributed by atoms with van der Waals surface area (Å²) in [6.07, 6.45) is 2.72. The lowest BCUT2D eigenvalue weighted by atomic mass is 10.1. The molecule has 1 aromatic rings. The molecule has 0 unspecified atom stereocenters. The number of hydrogen-bond donors (Lipinski definition) is 0. The first-order chi connectivity index (χ1) is 9.28. The molecule has 5 nitrogen and oxygen atoms in total. The van der Waals surface area contributed by atoms with Gasteiger partial charge in [-0.05, 0) is 26.7 Å². The number of rotatable bonds is 4. The molecule has 3 rings (SSSR count).